The third-order valence-electron chi connectivity index (χ3n) is 3.84. The van der Waals surface area contributed by atoms with Crippen molar-refractivity contribution >= 4 is 23.4 Å². The van der Waals surface area contributed by atoms with Crippen LogP contribution < -0.4 is 16.0 Å². The molecule has 3 N–H and O–H groups in total. The number of esters is 1. The Morgan fingerprint density at radius 1 is 1.31 bits per heavy atom. The first kappa shape index (κ1) is 17.7. The second-order valence-corrected chi connectivity index (χ2v) is 5.63. The Morgan fingerprint density at radius 2 is 2.08 bits per heavy atom. The van der Waals surface area contributed by atoms with Crippen LogP contribution in [0.2, 0.25) is 0 Å². The predicted octanol–water partition coefficient (Wildman–Crippen LogP) is 2.34. The standard InChI is InChI=1S/C18H18FN3O4/c19-15-8-13(6-7-16(15)21-11-20)22-9-14(26-18(22)24)10-25-17(23)12-4-2-1-3-5-12/h1-8,14,21H,9-11,20H2/t14-/m1/s1. The van der Waals surface area contributed by atoms with Crippen LogP contribution >= 0.6 is 0 Å². The molecule has 0 spiro atoms. The van der Waals surface area contributed by atoms with E-state index in [1.54, 1.807) is 36.4 Å². The maximum atomic E-state index is 14.0. The highest BCUT2D eigenvalue weighted by Gasteiger charge is 2.33. The van der Waals surface area contributed by atoms with E-state index in [0.717, 1.165) is 0 Å². The van der Waals surface area contributed by atoms with Gasteiger partial charge in [-0.2, -0.15) is 0 Å². The molecule has 7 nitrogen and oxygen atoms in total. The number of nitrogens with zero attached hydrogens (tertiary/aromatic N) is 1. The zero-order valence-corrected chi connectivity index (χ0v) is 13.9. The molecule has 1 atom stereocenters. The third kappa shape index (κ3) is 3.92. The summed E-state index contributed by atoms with van der Waals surface area (Å²) in [6.45, 7) is 0.173. The van der Waals surface area contributed by atoms with Crippen LogP contribution in [-0.4, -0.2) is 38.0 Å². The lowest BCUT2D eigenvalue weighted by Crippen LogP contribution is -2.26. The minimum absolute atomic E-state index is 0.0781. The van der Waals surface area contributed by atoms with Crippen LogP contribution in [0.1, 0.15) is 10.4 Å². The van der Waals surface area contributed by atoms with Crippen molar-refractivity contribution in [3.8, 4) is 0 Å². The number of rotatable bonds is 6. The minimum Gasteiger partial charge on any atom is -0.458 e. The van der Waals surface area contributed by atoms with E-state index in [1.807, 2.05) is 0 Å². The van der Waals surface area contributed by atoms with Crippen molar-refractivity contribution in [2.75, 3.05) is 30.0 Å². The summed E-state index contributed by atoms with van der Waals surface area (Å²) in [5.74, 6) is -1.02. The number of hydrogen-bond acceptors (Lipinski definition) is 6. The lowest BCUT2D eigenvalue weighted by atomic mass is 10.2. The zero-order chi connectivity index (χ0) is 18.5. The smallest absolute Gasteiger partial charge is 0.414 e. The largest absolute Gasteiger partial charge is 0.458 e. The van der Waals surface area contributed by atoms with Crippen LogP contribution in [-0.2, 0) is 9.47 Å². The van der Waals surface area contributed by atoms with Crippen molar-refractivity contribution in [1.82, 2.24) is 0 Å². The van der Waals surface area contributed by atoms with Crippen LogP contribution in [0.3, 0.4) is 0 Å². The topological polar surface area (TPSA) is 93.9 Å². The zero-order valence-electron chi connectivity index (χ0n) is 13.9. The van der Waals surface area contributed by atoms with Gasteiger partial charge < -0.3 is 20.5 Å². The molecule has 0 saturated carbocycles. The number of carbonyl (C=O) groups is 2. The van der Waals surface area contributed by atoms with E-state index in [9.17, 15) is 14.0 Å². The van der Waals surface area contributed by atoms with Crippen molar-refractivity contribution in [3.63, 3.8) is 0 Å². The number of amides is 1. The van der Waals surface area contributed by atoms with E-state index in [2.05, 4.69) is 5.32 Å². The maximum Gasteiger partial charge on any atom is 0.414 e. The van der Waals surface area contributed by atoms with Gasteiger partial charge in [0, 0.05) is 0 Å². The molecule has 136 valence electrons. The quantitative estimate of drug-likeness (QED) is 0.607. The highest BCUT2D eigenvalue weighted by molar-refractivity contribution is 5.91. The molecule has 1 aliphatic heterocycles. The number of carbonyl (C=O) groups excluding carboxylic acids is 2. The highest BCUT2D eigenvalue weighted by atomic mass is 19.1. The van der Waals surface area contributed by atoms with E-state index in [0.29, 0.717) is 11.3 Å². The average molecular weight is 359 g/mol. The number of nitrogens with two attached hydrogens (primary N) is 1. The summed E-state index contributed by atoms with van der Waals surface area (Å²) in [5, 5.41) is 2.67. The van der Waals surface area contributed by atoms with Crippen LogP contribution in [0, 0.1) is 5.82 Å². The molecule has 26 heavy (non-hydrogen) atoms. The number of hydrogen-bond donors (Lipinski definition) is 2. The average Bonchev–Trinajstić information content (AvgIpc) is 3.03. The van der Waals surface area contributed by atoms with Crippen molar-refractivity contribution in [2.45, 2.75) is 6.10 Å². The number of halogens is 1. The van der Waals surface area contributed by atoms with Crippen molar-refractivity contribution in [2.24, 2.45) is 5.73 Å². The summed E-state index contributed by atoms with van der Waals surface area (Å²) in [7, 11) is 0. The molecule has 3 rings (SSSR count). The van der Waals surface area contributed by atoms with Crippen molar-refractivity contribution in [1.29, 1.82) is 0 Å². The Bertz CT molecular complexity index is 800. The summed E-state index contributed by atoms with van der Waals surface area (Å²) >= 11 is 0. The highest BCUT2D eigenvalue weighted by Crippen LogP contribution is 2.26. The molecule has 8 heteroatoms. The Morgan fingerprint density at radius 3 is 2.77 bits per heavy atom. The van der Waals surface area contributed by atoms with Gasteiger partial charge in [-0.05, 0) is 30.3 Å². The van der Waals surface area contributed by atoms with Gasteiger partial charge in [-0.15, -0.1) is 0 Å². The van der Waals surface area contributed by atoms with E-state index in [4.69, 9.17) is 15.2 Å². The molecule has 1 aliphatic rings. The fourth-order valence-electron chi connectivity index (χ4n) is 2.57. The van der Waals surface area contributed by atoms with Gasteiger partial charge in [0.25, 0.3) is 0 Å². The molecule has 0 aliphatic carbocycles. The number of anilines is 2. The number of nitrogens with one attached hydrogen (secondary N) is 1. The number of benzene rings is 2. The van der Waals surface area contributed by atoms with E-state index < -0.39 is 24.0 Å². The molecule has 1 saturated heterocycles. The van der Waals surface area contributed by atoms with Gasteiger partial charge in [-0.3, -0.25) is 4.90 Å². The van der Waals surface area contributed by atoms with Gasteiger partial charge in [-0.1, -0.05) is 18.2 Å². The first-order valence-electron chi connectivity index (χ1n) is 8.02. The first-order chi connectivity index (χ1) is 12.6. The fraction of sp³-hybridized carbons (Fsp3) is 0.222. The summed E-state index contributed by atoms with van der Waals surface area (Å²) in [4.78, 5) is 25.2. The summed E-state index contributed by atoms with van der Waals surface area (Å²) in [5.41, 5.74) is 6.34. The van der Waals surface area contributed by atoms with Gasteiger partial charge in [0.2, 0.25) is 0 Å². The molecular formula is C18H18FN3O4. The normalized spacial score (nSPS) is 16.3. The lowest BCUT2D eigenvalue weighted by Gasteiger charge is -2.14. The Hall–Kier alpha value is -3.13. The van der Waals surface area contributed by atoms with E-state index >= 15 is 0 Å². The third-order valence-corrected chi connectivity index (χ3v) is 3.84. The van der Waals surface area contributed by atoms with E-state index in [-0.39, 0.29) is 25.5 Å². The molecule has 0 bridgehead atoms. The number of cyclic esters (lactones) is 1. The fourth-order valence-corrected chi connectivity index (χ4v) is 2.57. The molecule has 0 aromatic heterocycles. The molecule has 1 fully saturated rings. The molecule has 1 amide bonds. The summed E-state index contributed by atoms with van der Waals surface area (Å²) in [6, 6.07) is 12.8. The molecule has 2 aromatic carbocycles. The second kappa shape index (κ2) is 7.83. The van der Waals surface area contributed by atoms with Crippen LogP contribution in [0.4, 0.5) is 20.6 Å². The Kier molecular flexibility index (Phi) is 5.33. The first-order valence-corrected chi connectivity index (χ1v) is 8.02. The summed E-state index contributed by atoms with van der Waals surface area (Å²) < 4.78 is 24.4. The van der Waals surface area contributed by atoms with Crippen molar-refractivity contribution < 1.29 is 23.5 Å². The molecule has 0 radical (unpaired) electrons. The van der Waals surface area contributed by atoms with Gasteiger partial charge in [0.15, 0.2) is 6.10 Å². The summed E-state index contributed by atoms with van der Waals surface area (Å²) in [6.07, 6.45) is -1.25. The minimum atomic E-state index is -0.625. The molecule has 1 heterocycles. The number of ether oxygens (including phenoxy) is 2. The van der Waals surface area contributed by atoms with Crippen LogP contribution in [0.25, 0.3) is 0 Å². The van der Waals surface area contributed by atoms with E-state index in [1.165, 1.54) is 17.0 Å². The maximum absolute atomic E-state index is 14.0. The van der Waals surface area contributed by atoms with Gasteiger partial charge in [-0.25, -0.2) is 14.0 Å². The Labute approximate surface area is 149 Å². The predicted molar refractivity (Wildman–Crippen MR) is 93.4 cm³/mol. The van der Waals surface area contributed by atoms with Gasteiger partial charge in [0.05, 0.1) is 30.2 Å². The monoisotopic (exact) mass is 359 g/mol. The second-order valence-electron chi connectivity index (χ2n) is 5.63. The van der Waals surface area contributed by atoms with Gasteiger partial charge in [0.1, 0.15) is 12.4 Å². The van der Waals surface area contributed by atoms with Crippen molar-refractivity contribution in [3.05, 3.63) is 59.9 Å². The van der Waals surface area contributed by atoms with Crippen LogP contribution in [0.15, 0.2) is 48.5 Å². The Balaban J connectivity index is 1.60. The molecule has 2 aromatic rings. The molecular weight excluding hydrogens is 341 g/mol. The SMILES string of the molecule is NCNc1ccc(N2C[C@H](COC(=O)c3ccccc3)OC2=O)cc1F. The molecule has 0 unspecified atom stereocenters. The van der Waals surface area contributed by atoms with Crippen LogP contribution in [0.5, 0.6) is 0 Å². The van der Waals surface area contributed by atoms with Gasteiger partial charge >= 0.3 is 12.1 Å². The lowest BCUT2D eigenvalue weighted by molar-refractivity contribution is 0.0300.